The van der Waals surface area contributed by atoms with Gasteiger partial charge in [-0.2, -0.15) is 0 Å². The Labute approximate surface area is 161 Å². The number of rotatable bonds is 7. The average molecular weight is 417 g/mol. The number of nitrogens with one attached hydrogen (secondary N) is 1. The van der Waals surface area contributed by atoms with Gasteiger partial charge >= 0.3 is 0 Å². The van der Waals surface area contributed by atoms with E-state index in [9.17, 15) is 13.2 Å². The second-order valence-corrected chi connectivity index (χ2v) is 9.37. The molecule has 0 bridgehead atoms. The van der Waals surface area contributed by atoms with Crippen LogP contribution in [0.5, 0.6) is 5.75 Å². The number of methoxy groups -OCH3 is 1. The number of thioether (sulfide) groups is 1. The standard InChI is InChI=1S/C15H20N4O4S3/c1-9-6-7-12(23-3)11(8-9)19(26(5,21)22)10(2)13(20)16-14-17-18-15(24-4)25-14/h6-8,10H,1-5H3,(H,16,17,20). The predicted molar refractivity (Wildman–Crippen MR) is 105 cm³/mol. The second-order valence-electron chi connectivity index (χ2n) is 5.48. The van der Waals surface area contributed by atoms with Gasteiger partial charge < -0.3 is 4.74 Å². The topological polar surface area (TPSA) is 101 Å². The van der Waals surface area contributed by atoms with Gasteiger partial charge in [0.15, 0.2) is 4.34 Å². The van der Waals surface area contributed by atoms with Gasteiger partial charge in [-0.3, -0.25) is 14.4 Å². The summed E-state index contributed by atoms with van der Waals surface area (Å²) in [4.78, 5) is 12.6. The van der Waals surface area contributed by atoms with Crippen molar-refractivity contribution in [1.82, 2.24) is 10.2 Å². The molecule has 0 aliphatic carbocycles. The van der Waals surface area contributed by atoms with E-state index >= 15 is 0 Å². The summed E-state index contributed by atoms with van der Waals surface area (Å²) in [5, 5.41) is 10.7. The smallest absolute Gasteiger partial charge is 0.249 e. The zero-order chi connectivity index (χ0) is 19.5. The van der Waals surface area contributed by atoms with E-state index in [2.05, 4.69) is 15.5 Å². The number of amides is 1. The number of nitrogens with zero attached hydrogens (tertiary/aromatic N) is 3. The van der Waals surface area contributed by atoms with Crippen molar-refractivity contribution in [3.8, 4) is 5.75 Å². The van der Waals surface area contributed by atoms with Gasteiger partial charge in [0.1, 0.15) is 11.8 Å². The Morgan fingerprint density at radius 1 is 1.38 bits per heavy atom. The highest BCUT2D eigenvalue weighted by molar-refractivity contribution is 8.00. The van der Waals surface area contributed by atoms with Crippen molar-refractivity contribution in [3.05, 3.63) is 23.8 Å². The Bertz CT molecular complexity index is 898. The molecule has 1 heterocycles. The van der Waals surface area contributed by atoms with Gasteiger partial charge in [-0.15, -0.1) is 10.2 Å². The molecule has 26 heavy (non-hydrogen) atoms. The molecule has 0 saturated heterocycles. The van der Waals surface area contributed by atoms with E-state index in [0.29, 0.717) is 20.9 Å². The molecule has 0 aliphatic heterocycles. The number of hydrogen-bond donors (Lipinski definition) is 1. The van der Waals surface area contributed by atoms with Crippen LogP contribution < -0.4 is 14.4 Å². The Balaban J connectivity index is 2.38. The highest BCUT2D eigenvalue weighted by Crippen LogP contribution is 2.33. The number of carbonyl (C=O) groups is 1. The molecule has 1 atom stereocenters. The van der Waals surface area contributed by atoms with Gasteiger partial charge in [0.25, 0.3) is 0 Å². The highest BCUT2D eigenvalue weighted by Gasteiger charge is 2.31. The zero-order valence-electron chi connectivity index (χ0n) is 15.0. The minimum Gasteiger partial charge on any atom is -0.495 e. The third-order valence-electron chi connectivity index (χ3n) is 3.47. The molecule has 1 amide bonds. The number of benzene rings is 1. The van der Waals surface area contributed by atoms with Crippen molar-refractivity contribution in [3.63, 3.8) is 0 Å². The molecule has 2 aromatic rings. The molecule has 0 saturated carbocycles. The normalized spacial score (nSPS) is 12.5. The fourth-order valence-electron chi connectivity index (χ4n) is 2.31. The fourth-order valence-corrected chi connectivity index (χ4v) is 4.65. The van der Waals surface area contributed by atoms with E-state index in [0.717, 1.165) is 16.1 Å². The molecule has 11 heteroatoms. The number of hydrogen-bond acceptors (Lipinski definition) is 8. The quantitative estimate of drug-likeness (QED) is 0.546. The van der Waals surface area contributed by atoms with Crippen LogP contribution in [0.2, 0.25) is 0 Å². The number of anilines is 2. The van der Waals surface area contributed by atoms with E-state index in [1.54, 1.807) is 18.2 Å². The first-order valence-electron chi connectivity index (χ1n) is 7.49. The first-order chi connectivity index (χ1) is 12.2. The molecular weight excluding hydrogens is 396 g/mol. The molecule has 0 spiro atoms. The monoisotopic (exact) mass is 416 g/mol. The van der Waals surface area contributed by atoms with Gasteiger partial charge in [-0.25, -0.2) is 8.42 Å². The molecule has 2 rings (SSSR count). The lowest BCUT2D eigenvalue weighted by molar-refractivity contribution is -0.116. The Hall–Kier alpha value is -1.85. The van der Waals surface area contributed by atoms with Crippen molar-refractivity contribution >= 4 is 49.8 Å². The molecular formula is C15H20N4O4S3. The van der Waals surface area contributed by atoms with Crippen molar-refractivity contribution in [2.75, 3.05) is 29.2 Å². The molecule has 1 aromatic heterocycles. The number of sulfonamides is 1. The van der Waals surface area contributed by atoms with Crippen LogP contribution in [0.1, 0.15) is 12.5 Å². The summed E-state index contributed by atoms with van der Waals surface area (Å²) in [5.74, 6) is -0.149. The maximum atomic E-state index is 12.6. The van der Waals surface area contributed by atoms with Crippen LogP contribution >= 0.6 is 23.1 Å². The van der Waals surface area contributed by atoms with E-state index in [-0.39, 0.29) is 0 Å². The van der Waals surface area contributed by atoms with Crippen molar-refractivity contribution in [1.29, 1.82) is 0 Å². The average Bonchev–Trinajstić information content (AvgIpc) is 3.01. The molecule has 1 unspecified atom stereocenters. The molecule has 0 fully saturated rings. The van der Waals surface area contributed by atoms with E-state index < -0.39 is 22.0 Å². The lowest BCUT2D eigenvalue weighted by Gasteiger charge is -2.29. The fraction of sp³-hybridized carbons (Fsp3) is 0.400. The van der Waals surface area contributed by atoms with Crippen molar-refractivity contribution in [2.24, 2.45) is 0 Å². The minimum absolute atomic E-state index is 0.305. The summed E-state index contributed by atoms with van der Waals surface area (Å²) in [6.45, 7) is 3.34. The summed E-state index contributed by atoms with van der Waals surface area (Å²) in [5.41, 5.74) is 1.15. The molecule has 1 N–H and O–H groups in total. The Morgan fingerprint density at radius 3 is 2.62 bits per heavy atom. The maximum absolute atomic E-state index is 12.6. The van der Waals surface area contributed by atoms with Crippen LogP contribution in [0.4, 0.5) is 10.8 Å². The molecule has 0 aliphatic rings. The minimum atomic E-state index is -3.75. The number of ether oxygens (including phenoxy) is 1. The Kier molecular flexibility index (Phi) is 6.48. The number of aryl methyl sites for hydroxylation is 1. The summed E-state index contributed by atoms with van der Waals surface area (Å²) < 4.78 is 31.9. The van der Waals surface area contributed by atoms with Gasteiger partial charge in [0.2, 0.25) is 21.1 Å². The highest BCUT2D eigenvalue weighted by atomic mass is 32.2. The third kappa shape index (κ3) is 4.65. The maximum Gasteiger partial charge on any atom is 0.249 e. The molecule has 142 valence electrons. The second kappa shape index (κ2) is 8.23. The summed E-state index contributed by atoms with van der Waals surface area (Å²) in [7, 11) is -2.30. The lowest BCUT2D eigenvalue weighted by atomic mass is 10.2. The largest absolute Gasteiger partial charge is 0.495 e. The van der Waals surface area contributed by atoms with Gasteiger partial charge in [0.05, 0.1) is 19.1 Å². The van der Waals surface area contributed by atoms with E-state index in [1.807, 2.05) is 13.2 Å². The van der Waals surface area contributed by atoms with Crippen LogP contribution in [0.25, 0.3) is 0 Å². The zero-order valence-corrected chi connectivity index (χ0v) is 17.5. The number of aromatic nitrogens is 2. The van der Waals surface area contributed by atoms with Crippen molar-refractivity contribution < 1.29 is 17.9 Å². The Morgan fingerprint density at radius 2 is 2.08 bits per heavy atom. The van der Waals surface area contributed by atoms with Crippen LogP contribution in [0.3, 0.4) is 0 Å². The van der Waals surface area contributed by atoms with Crippen molar-refractivity contribution in [2.45, 2.75) is 24.2 Å². The molecule has 0 radical (unpaired) electrons. The lowest BCUT2D eigenvalue weighted by Crippen LogP contribution is -2.45. The van der Waals surface area contributed by atoms with Crippen LogP contribution in [0.15, 0.2) is 22.5 Å². The summed E-state index contributed by atoms with van der Waals surface area (Å²) in [6.07, 6.45) is 2.90. The first kappa shape index (κ1) is 20.5. The van der Waals surface area contributed by atoms with Crippen LogP contribution in [-0.2, 0) is 14.8 Å². The van der Waals surface area contributed by atoms with Gasteiger partial charge in [0, 0.05) is 0 Å². The first-order valence-corrected chi connectivity index (χ1v) is 11.4. The predicted octanol–water partition coefficient (Wildman–Crippen LogP) is 2.37. The third-order valence-corrected chi connectivity index (χ3v) is 6.51. The summed E-state index contributed by atoms with van der Waals surface area (Å²) in [6, 6.07) is 4.13. The SMILES string of the molecule is COc1ccc(C)cc1N(C(C)C(=O)Nc1nnc(SC)s1)S(C)(=O)=O. The molecule has 8 nitrogen and oxygen atoms in total. The van der Waals surface area contributed by atoms with E-state index in [1.165, 1.54) is 37.1 Å². The van der Waals surface area contributed by atoms with Crippen LogP contribution in [-0.4, -0.2) is 50.2 Å². The summed E-state index contributed by atoms with van der Waals surface area (Å²) >= 11 is 2.63. The van der Waals surface area contributed by atoms with Gasteiger partial charge in [-0.05, 0) is 37.8 Å². The van der Waals surface area contributed by atoms with Crippen LogP contribution in [0, 0.1) is 6.92 Å². The number of carbonyl (C=O) groups excluding carboxylic acids is 1. The van der Waals surface area contributed by atoms with Gasteiger partial charge in [-0.1, -0.05) is 29.2 Å². The van der Waals surface area contributed by atoms with E-state index in [4.69, 9.17) is 4.74 Å². The molecule has 1 aromatic carbocycles.